The van der Waals surface area contributed by atoms with Crippen LogP contribution in [0.25, 0.3) is 10.8 Å². The van der Waals surface area contributed by atoms with E-state index in [0.717, 1.165) is 48.2 Å². The Labute approximate surface area is 206 Å². The zero-order valence-corrected chi connectivity index (χ0v) is 20.1. The highest BCUT2D eigenvalue weighted by atomic mass is 16.3. The third kappa shape index (κ3) is 4.21. The second-order valence-electron chi connectivity index (χ2n) is 11.1. The molecular weight excluding hydrogens is 436 g/mol. The first-order valence-corrected chi connectivity index (χ1v) is 13.0. The number of benzene rings is 3. The second kappa shape index (κ2) is 8.65. The number of carbonyl (C=O) groups excluding carboxylic acids is 1. The Bertz CT molecular complexity index is 1260. The van der Waals surface area contributed by atoms with Crippen LogP contribution in [0.3, 0.4) is 0 Å². The lowest BCUT2D eigenvalue weighted by Gasteiger charge is -2.58. The molecule has 0 radical (unpaired) electrons. The quantitative estimate of drug-likeness (QED) is 0.509. The molecule has 3 aromatic carbocycles. The fourth-order valence-corrected chi connectivity index (χ4v) is 6.61. The summed E-state index contributed by atoms with van der Waals surface area (Å²) in [7, 11) is 0. The number of likely N-dealkylation sites (tertiary alicyclic amines) is 1. The molecule has 182 valence electrons. The lowest BCUT2D eigenvalue weighted by molar-refractivity contribution is -0.126. The maximum atomic E-state index is 13.2. The van der Waals surface area contributed by atoms with E-state index < -0.39 is 11.0 Å². The van der Waals surface area contributed by atoms with Crippen LogP contribution in [0.4, 0.5) is 0 Å². The van der Waals surface area contributed by atoms with Crippen LogP contribution in [0, 0.1) is 5.92 Å². The predicted molar refractivity (Wildman–Crippen MR) is 138 cm³/mol. The van der Waals surface area contributed by atoms with Crippen LogP contribution < -0.4 is 5.32 Å². The molecule has 1 aliphatic heterocycles. The van der Waals surface area contributed by atoms with Crippen LogP contribution in [-0.2, 0) is 5.41 Å². The molecule has 1 saturated heterocycles. The lowest BCUT2D eigenvalue weighted by Crippen LogP contribution is -2.67. The molecule has 5 nitrogen and oxygen atoms in total. The molecule has 0 spiro atoms. The fraction of sp³-hybridized carbons (Fsp3) is 0.433. The van der Waals surface area contributed by atoms with Crippen LogP contribution in [0.2, 0.25) is 0 Å². The number of fused-ring (bicyclic) bond motifs is 2. The maximum Gasteiger partial charge on any atom is 0.251 e. The van der Waals surface area contributed by atoms with Crippen molar-refractivity contribution < 1.29 is 15.0 Å². The van der Waals surface area contributed by atoms with Crippen molar-refractivity contribution in [2.45, 2.75) is 55.6 Å². The molecule has 3 fully saturated rings. The fourth-order valence-electron chi connectivity index (χ4n) is 6.61. The van der Waals surface area contributed by atoms with Crippen molar-refractivity contribution in [2.75, 3.05) is 19.6 Å². The van der Waals surface area contributed by atoms with Crippen molar-refractivity contribution in [1.82, 2.24) is 10.2 Å². The summed E-state index contributed by atoms with van der Waals surface area (Å²) in [6, 6.07) is 21.3. The van der Waals surface area contributed by atoms with Gasteiger partial charge in [0.25, 0.3) is 5.91 Å². The van der Waals surface area contributed by atoms with Gasteiger partial charge in [0.1, 0.15) is 5.75 Å². The monoisotopic (exact) mass is 470 g/mol. The van der Waals surface area contributed by atoms with Gasteiger partial charge in [0, 0.05) is 30.1 Å². The zero-order valence-electron chi connectivity index (χ0n) is 20.1. The first-order valence-electron chi connectivity index (χ1n) is 13.0. The van der Waals surface area contributed by atoms with Crippen molar-refractivity contribution in [2.24, 2.45) is 5.92 Å². The average molecular weight is 471 g/mol. The van der Waals surface area contributed by atoms with Crippen LogP contribution >= 0.6 is 0 Å². The van der Waals surface area contributed by atoms with Crippen LogP contribution in [-0.4, -0.2) is 52.3 Å². The summed E-state index contributed by atoms with van der Waals surface area (Å²) in [6.07, 6.45) is 5.47. The van der Waals surface area contributed by atoms with Crippen molar-refractivity contribution in [3.05, 3.63) is 77.9 Å². The average Bonchev–Trinajstić information content (AvgIpc) is 3.68. The zero-order chi connectivity index (χ0) is 24.0. The van der Waals surface area contributed by atoms with E-state index in [2.05, 4.69) is 10.2 Å². The van der Waals surface area contributed by atoms with E-state index >= 15 is 0 Å². The minimum Gasteiger partial charge on any atom is -0.508 e. The van der Waals surface area contributed by atoms with Gasteiger partial charge < -0.3 is 20.4 Å². The smallest absolute Gasteiger partial charge is 0.251 e. The highest BCUT2D eigenvalue weighted by Crippen LogP contribution is 2.52. The molecule has 2 saturated carbocycles. The maximum absolute atomic E-state index is 13.2. The molecule has 3 atom stereocenters. The van der Waals surface area contributed by atoms with Gasteiger partial charge in [-0.2, -0.15) is 0 Å². The molecule has 3 aliphatic rings. The highest BCUT2D eigenvalue weighted by Gasteiger charge is 2.57. The summed E-state index contributed by atoms with van der Waals surface area (Å²) in [5.74, 6) is 0.940. The lowest BCUT2D eigenvalue weighted by atomic mass is 9.55. The van der Waals surface area contributed by atoms with Gasteiger partial charge in [0.15, 0.2) is 0 Å². The van der Waals surface area contributed by atoms with Crippen LogP contribution in [0.15, 0.2) is 66.7 Å². The Morgan fingerprint density at radius 3 is 2.60 bits per heavy atom. The Morgan fingerprint density at radius 1 is 0.971 bits per heavy atom. The minimum atomic E-state index is -0.877. The number of aromatic hydroxyl groups is 1. The summed E-state index contributed by atoms with van der Waals surface area (Å²) in [5.41, 5.74) is 0.273. The molecule has 3 unspecified atom stereocenters. The highest BCUT2D eigenvalue weighted by molar-refractivity contribution is 5.98. The molecule has 3 aromatic rings. The molecule has 3 N–H and O–H groups in total. The van der Waals surface area contributed by atoms with E-state index in [0.29, 0.717) is 24.9 Å². The SMILES string of the molecule is O=C(NC1CCC2(O)CN(CC3CC3)CCC2(c2cccc(O)c2)C1)c1ccc2ccccc2c1. The largest absolute Gasteiger partial charge is 0.508 e. The van der Waals surface area contributed by atoms with Crippen molar-refractivity contribution in [1.29, 1.82) is 0 Å². The topological polar surface area (TPSA) is 72.8 Å². The first-order chi connectivity index (χ1) is 16.9. The first kappa shape index (κ1) is 22.6. The van der Waals surface area contributed by atoms with Crippen molar-refractivity contribution in [3.63, 3.8) is 0 Å². The molecule has 0 bridgehead atoms. The summed E-state index contributed by atoms with van der Waals surface area (Å²) in [4.78, 5) is 15.7. The number of carbonyl (C=O) groups is 1. The standard InChI is InChI=1S/C30H34N2O3/c33-27-7-3-6-25(17-27)29-14-15-32(19-21-8-9-21)20-30(29,35)13-12-26(18-29)31-28(34)24-11-10-22-4-1-2-5-23(22)16-24/h1-7,10-11,16-17,21,26,33,35H,8-9,12-15,18-20H2,(H,31,34). The molecule has 35 heavy (non-hydrogen) atoms. The van der Waals surface area contributed by atoms with Crippen molar-refractivity contribution in [3.8, 4) is 5.75 Å². The van der Waals surface area contributed by atoms with Gasteiger partial charge in [0.2, 0.25) is 0 Å². The molecule has 0 aromatic heterocycles. The molecule has 1 heterocycles. The molecule has 1 amide bonds. The number of hydrogen-bond donors (Lipinski definition) is 3. The van der Waals surface area contributed by atoms with E-state index in [4.69, 9.17) is 0 Å². The number of rotatable bonds is 5. The summed E-state index contributed by atoms with van der Waals surface area (Å²) in [6.45, 7) is 2.66. The summed E-state index contributed by atoms with van der Waals surface area (Å²) in [5, 5.41) is 27.9. The number of phenolic OH excluding ortho intramolecular Hbond substituents is 1. The van der Waals surface area contributed by atoms with Gasteiger partial charge in [0.05, 0.1) is 5.60 Å². The second-order valence-corrected chi connectivity index (χ2v) is 11.1. The Hall–Kier alpha value is -2.89. The Kier molecular flexibility index (Phi) is 5.58. The number of nitrogens with one attached hydrogen (secondary N) is 1. The summed E-state index contributed by atoms with van der Waals surface area (Å²) < 4.78 is 0. The van der Waals surface area contributed by atoms with Gasteiger partial charge in [-0.05, 0) is 91.6 Å². The Balaban J connectivity index is 1.26. The molecule has 2 aliphatic carbocycles. The Morgan fingerprint density at radius 2 is 1.80 bits per heavy atom. The van der Waals surface area contributed by atoms with E-state index in [-0.39, 0.29) is 17.7 Å². The van der Waals surface area contributed by atoms with E-state index in [1.54, 1.807) is 6.07 Å². The van der Waals surface area contributed by atoms with Gasteiger partial charge in [-0.25, -0.2) is 0 Å². The number of β-amino-alcohol motifs (C(OH)–C–C–N with tert-alkyl or cyclic N) is 1. The predicted octanol–water partition coefficient (Wildman–Crippen LogP) is 4.61. The molecular formula is C30H34N2O3. The number of piperidine rings is 1. The van der Waals surface area contributed by atoms with Gasteiger partial charge in [-0.15, -0.1) is 0 Å². The normalized spacial score (nSPS) is 29.0. The third-order valence-corrected chi connectivity index (χ3v) is 8.69. The van der Waals surface area contributed by atoms with Gasteiger partial charge in [-0.1, -0.05) is 42.5 Å². The van der Waals surface area contributed by atoms with Gasteiger partial charge in [-0.3, -0.25) is 4.79 Å². The van der Waals surface area contributed by atoms with Gasteiger partial charge >= 0.3 is 0 Å². The minimum absolute atomic E-state index is 0.0356. The van der Waals surface area contributed by atoms with E-state index in [1.807, 2.05) is 60.7 Å². The third-order valence-electron chi connectivity index (χ3n) is 8.69. The summed E-state index contributed by atoms with van der Waals surface area (Å²) >= 11 is 0. The number of nitrogens with zero attached hydrogens (tertiary/aromatic N) is 1. The molecule has 6 rings (SSSR count). The molecule has 5 heteroatoms. The number of phenols is 1. The number of hydrogen-bond acceptors (Lipinski definition) is 4. The van der Waals surface area contributed by atoms with E-state index in [9.17, 15) is 15.0 Å². The number of amides is 1. The number of aliphatic hydroxyl groups is 1. The van der Waals surface area contributed by atoms with E-state index in [1.165, 1.54) is 12.8 Å². The van der Waals surface area contributed by atoms with Crippen LogP contribution in [0.5, 0.6) is 5.75 Å². The van der Waals surface area contributed by atoms with Crippen LogP contribution in [0.1, 0.15) is 54.4 Å². The van der Waals surface area contributed by atoms with Crippen molar-refractivity contribution >= 4 is 16.7 Å².